The lowest BCUT2D eigenvalue weighted by Crippen LogP contribution is -2.50. The van der Waals surface area contributed by atoms with Gasteiger partial charge in [-0.05, 0) is 40.0 Å². The molecule has 0 spiro atoms. The number of rotatable bonds is 7. The van der Waals surface area contributed by atoms with Gasteiger partial charge in [0, 0.05) is 30.6 Å². The average molecular weight is 402 g/mol. The molecular formula is C17H31N5O2S2. The highest BCUT2D eigenvalue weighted by molar-refractivity contribution is 7.89. The molecule has 7 nitrogen and oxygen atoms in total. The molecule has 0 aliphatic carbocycles. The second-order valence-corrected chi connectivity index (χ2v) is 9.95. The van der Waals surface area contributed by atoms with Crippen LogP contribution in [0, 0.1) is 13.8 Å². The molecule has 0 radical (unpaired) electrons. The van der Waals surface area contributed by atoms with Crippen LogP contribution >= 0.6 is 11.3 Å². The number of nitrogens with one attached hydrogen (secondary N) is 2. The van der Waals surface area contributed by atoms with Gasteiger partial charge in [0.1, 0.15) is 5.01 Å². The largest absolute Gasteiger partial charge is 0.357 e. The Bertz CT molecular complexity index is 687. The zero-order chi connectivity index (χ0) is 19.2. The van der Waals surface area contributed by atoms with Crippen LogP contribution in [0.5, 0.6) is 0 Å². The number of piperidine rings is 1. The van der Waals surface area contributed by atoms with Crippen molar-refractivity contribution in [3.05, 3.63) is 15.6 Å². The van der Waals surface area contributed by atoms with Crippen molar-refractivity contribution in [2.75, 3.05) is 25.4 Å². The number of aliphatic imine (C=N–C) groups is 1. The fourth-order valence-electron chi connectivity index (χ4n) is 2.93. The molecule has 0 bridgehead atoms. The smallest absolute Gasteiger partial charge is 0.214 e. The molecule has 0 amide bonds. The van der Waals surface area contributed by atoms with E-state index in [9.17, 15) is 8.42 Å². The van der Waals surface area contributed by atoms with Crippen molar-refractivity contribution in [1.29, 1.82) is 0 Å². The molecule has 26 heavy (non-hydrogen) atoms. The first-order valence-electron chi connectivity index (χ1n) is 9.31. The van der Waals surface area contributed by atoms with Gasteiger partial charge in [-0.25, -0.2) is 22.7 Å². The summed E-state index contributed by atoms with van der Waals surface area (Å²) in [5.74, 6) is 1.01. The molecule has 1 aromatic heterocycles. The third-order valence-corrected chi connectivity index (χ3v) is 7.57. The maximum absolute atomic E-state index is 12.2. The average Bonchev–Trinajstić information content (AvgIpc) is 2.91. The molecule has 0 aromatic carbocycles. The minimum Gasteiger partial charge on any atom is -0.357 e. The normalized spacial score (nSPS) is 17.5. The minimum atomic E-state index is -3.09. The lowest BCUT2D eigenvalue weighted by molar-refractivity contribution is 0.306. The van der Waals surface area contributed by atoms with Crippen molar-refractivity contribution in [3.8, 4) is 0 Å². The lowest BCUT2D eigenvalue weighted by atomic mass is 10.1. The van der Waals surface area contributed by atoms with Crippen molar-refractivity contribution in [3.63, 3.8) is 0 Å². The van der Waals surface area contributed by atoms with E-state index in [2.05, 4.69) is 27.5 Å². The molecule has 1 aliphatic rings. The molecule has 2 rings (SSSR count). The van der Waals surface area contributed by atoms with E-state index in [0.29, 0.717) is 26.1 Å². The van der Waals surface area contributed by atoms with Crippen molar-refractivity contribution in [2.24, 2.45) is 4.99 Å². The second kappa shape index (κ2) is 9.66. The predicted molar refractivity (Wildman–Crippen MR) is 108 cm³/mol. The van der Waals surface area contributed by atoms with Gasteiger partial charge in [0.2, 0.25) is 10.0 Å². The fraction of sp³-hybridized carbons (Fsp3) is 0.765. The van der Waals surface area contributed by atoms with Gasteiger partial charge >= 0.3 is 0 Å². The quantitative estimate of drug-likeness (QED) is 0.539. The van der Waals surface area contributed by atoms with Crippen LogP contribution in [-0.2, 0) is 16.6 Å². The first kappa shape index (κ1) is 21.1. The third kappa shape index (κ3) is 5.92. The summed E-state index contributed by atoms with van der Waals surface area (Å²) < 4.78 is 26.0. The van der Waals surface area contributed by atoms with E-state index in [1.807, 2.05) is 20.8 Å². The molecule has 2 N–H and O–H groups in total. The molecule has 0 unspecified atom stereocenters. The number of hydrogen-bond acceptors (Lipinski definition) is 5. The highest BCUT2D eigenvalue weighted by Crippen LogP contribution is 2.17. The molecule has 2 heterocycles. The van der Waals surface area contributed by atoms with Gasteiger partial charge in [-0.3, -0.25) is 0 Å². The van der Waals surface area contributed by atoms with Crippen molar-refractivity contribution in [2.45, 2.75) is 59.5 Å². The summed E-state index contributed by atoms with van der Waals surface area (Å²) in [6.07, 6.45) is 2.25. The highest BCUT2D eigenvalue weighted by atomic mass is 32.2. The SMILES string of the molecule is CCCS(=O)(=O)N1CCC(NC(=NCc2nc(C)c(C)s2)NCC)CC1. The molecule has 0 atom stereocenters. The maximum atomic E-state index is 12.2. The zero-order valence-corrected chi connectivity index (χ0v) is 17.8. The van der Waals surface area contributed by atoms with Crippen LogP contribution in [0.25, 0.3) is 0 Å². The Morgan fingerprint density at radius 2 is 2.00 bits per heavy atom. The fourth-order valence-corrected chi connectivity index (χ4v) is 5.33. The van der Waals surface area contributed by atoms with Gasteiger partial charge in [0.05, 0.1) is 18.0 Å². The van der Waals surface area contributed by atoms with E-state index in [4.69, 9.17) is 0 Å². The number of aromatic nitrogens is 1. The Labute approximate surface area is 161 Å². The number of guanidine groups is 1. The summed E-state index contributed by atoms with van der Waals surface area (Å²) in [4.78, 5) is 10.4. The molecule has 1 fully saturated rings. The summed E-state index contributed by atoms with van der Waals surface area (Å²) in [5, 5.41) is 7.73. The Morgan fingerprint density at radius 1 is 1.31 bits per heavy atom. The van der Waals surface area contributed by atoms with E-state index in [1.165, 1.54) is 4.88 Å². The van der Waals surface area contributed by atoms with Crippen molar-refractivity contribution < 1.29 is 8.42 Å². The molecule has 1 saturated heterocycles. The zero-order valence-electron chi connectivity index (χ0n) is 16.2. The molecule has 148 valence electrons. The van der Waals surface area contributed by atoms with Gasteiger partial charge in [-0.15, -0.1) is 11.3 Å². The standard InChI is InChI=1S/C17H31N5O2S2/c1-5-11-26(23,24)22-9-7-15(8-10-22)21-17(18-6-2)19-12-16-20-13(3)14(4)25-16/h15H,5-12H2,1-4H3,(H2,18,19,21). The van der Waals surface area contributed by atoms with E-state index in [-0.39, 0.29) is 11.8 Å². The van der Waals surface area contributed by atoms with E-state index in [0.717, 1.165) is 36.0 Å². The Hall–Kier alpha value is -1.19. The Kier molecular flexibility index (Phi) is 7.85. The van der Waals surface area contributed by atoms with Crippen LogP contribution in [0.2, 0.25) is 0 Å². The monoisotopic (exact) mass is 401 g/mol. The molecular weight excluding hydrogens is 370 g/mol. The van der Waals surface area contributed by atoms with Crippen LogP contribution in [0.3, 0.4) is 0 Å². The maximum Gasteiger partial charge on any atom is 0.214 e. The number of hydrogen-bond donors (Lipinski definition) is 2. The van der Waals surface area contributed by atoms with Crippen molar-refractivity contribution in [1.82, 2.24) is 19.9 Å². The molecule has 9 heteroatoms. The molecule has 0 saturated carbocycles. The van der Waals surface area contributed by atoms with Crippen LogP contribution in [-0.4, -0.2) is 55.1 Å². The number of sulfonamides is 1. The Balaban J connectivity index is 1.91. The summed E-state index contributed by atoms with van der Waals surface area (Å²) in [6.45, 7) is 10.5. The summed E-state index contributed by atoms with van der Waals surface area (Å²) >= 11 is 1.68. The first-order chi connectivity index (χ1) is 12.4. The first-order valence-corrected chi connectivity index (χ1v) is 11.7. The highest BCUT2D eigenvalue weighted by Gasteiger charge is 2.27. The van der Waals surface area contributed by atoms with Gasteiger partial charge < -0.3 is 10.6 Å². The number of nitrogens with zero attached hydrogens (tertiary/aromatic N) is 3. The van der Waals surface area contributed by atoms with Gasteiger partial charge in [0.15, 0.2) is 5.96 Å². The van der Waals surface area contributed by atoms with E-state index >= 15 is 0 Å². The Morgan fingerprint density at radius 3 is 2.54 bits per heavy atom. The second-order valence-electron chi connectivity index (χ2n) is 6.58. The molecule has 1 aromatic rings. The topological polar surface area (TPSA) is 86.7 Å². The van der Waals surface area contributed by atoms with Crippen LogP contribution < -0.4 is 10.6 Å². The van der Waals surface area contributed by atoms with Crippen LogP contribution in [0.1, 0.15) is 48.7 Å². The number of thiazole rings is 1. The summed E-state index contributed by atoms with van der Waals surface area (Å²) in [6, 6.07) is 0.237. The minimum absolute atomic E-state index is 0.237. The van der Waals surface area contributed by atoms with Crippen LogP contribution in [0.15, 0.2) is 4.99 Å². The molecule has 1 aliphatic heterocycles. The number of aryl methyl sites for hydroxylation is 2. The van der Waals surface area contributed by atoms with Gasteiger partial charge in [-0.1, -0.05) is 6.92 Å². The van der Waals surface area contributed by atoms with E-state index in [1.54, 1.807) is 15.6 Å². The third-order valence-electron chi connectivity index (χ3n) is 4.44. The van der Waals surface area contributed by atoms with Gasteiger partial charge in [0.25, 0.3) is 0 Å². The van der Waals surface area contributed by atoms with Crippen LogP contribution in [0.4, 0.5) is 0 Å². The van der Waals surface area contributed by atoms with Gasteiger partial charge in [-0.2, -0.15) is 0 Å². The summed E-state index contributed by atoms with van der Waals surface area (Å²) in [5.41, 5.74) is 1.07. The predicted octanol–water partition coefficient (Wildman–Crippen LogP) is 2.02. The lowest BCUT2D eigenvalue weighted by Gasteiger charge is -2.32. The van der Waals surface area contributed by atoms with Crippen molar-refractivity contribution >= 4 is 27.3 Å². The summed E-state index contributed by atoms with van der Waals surface area (Å²) in [7, 11) is -3.09. The van der Waals surface area contributed by atoms with E-state index < -0.39 is 10.0 Å².